The molecule has 2 saturated carbocycles. The molecule has 0 saturated heterocycles. The van der Waals surface area contributed by atoms with Crippen molar-refractivity contribution in [2.75, 3.05) is 0 Å². The minimum Gasteiger partial charge on any atom is -0.0810 e. The van der Waals surface area contributed by atoms with Crippen molar-refractivity contribution in [2.24, 2.45) is 17.8 Å². The van der Waals surface area contributed by atoms with Crippen molar-refractivity contribution in [3.8, 4) is 0 Å². The Kier molecular flexibility index (Phi) is 0.247. The lowest BCUT2D eigenvalue weighted by molar-refractivity contribution is 0.575. The highest BCUT2D eigenvalue weighted by Crippen LogP contribution is 2.68. The van der Waals surface area contributed by atoms with Crippen molar-refractivity contribution >= 4 is 0 Å². The summed E-state index contributed by atoms with van der Waals surface area (Å²) in [4.78, 5) is 0. The van der Waals surface area contributed by atoms with Crippen LogP contribution in [0.5, 0.6) is 0 Å². The molecule has 3 rings (SSSR count). The molecule has 0 amide bonds. The zero-order chi connectivity index (χ0) is 4.43. The van der Waals surface area contributed by atoms with Gasteiger partial charge in [0.25, 0.3) is 0 Å². The number of hydrogen-bond donors (Lipinski definition) is 0. The Bertz CT molecular complexity index is 143. The molecule has 0 aromatic rings. The SMILES string of the molecule is C1=C2C3CCC1C23. The zero-order valence-electron chi connectivity index (χ0n) is 4.22. The van der Waals surface area contributed by atoms with E-state index in [1.54, 1.807) is 0 Å². The Labute approximate surface area is 43.2 Å². The minimum atomic E-state index is 1.07. The molecule has 7 heavy (non-hydrogen) atoms. The van der Waals surface area contributed by atoms with Gasteiger partial charge in [-0.05, 0) is 30.6 Å². The van der Waals surface area contributed by atoms with Crippen molar-refractivity contribution in [1.82, 2.24) is 0 Å². The van der Waals surface area contributed by atoms with E-state index in [1.165, 1.54) is 12.8 Å². The molecule has 0 bridgehead atoms. The molecular weight excluding hydrogens is 84.1 g/mol. The molecule has 0 heterocycles. The predicted octanol–water partition coefficient (Wildman–Crippen LogP) is 1.58. The van der Waals surface area contributed by atoms with Crippen molar-refractivity contribution in [3.63, 3.8) is 0 Å². The fraction of sp³-hybridized carbons (Fsp3) is 0.714. The third kappa shape index (κ3) is 0.155. The summed E-state index contributed by atoms with van der Waals surface area (Å²) in [5.74, 6) is 3.32. The quantitative estimate of drug-likeness (QED) is 0.398. The largest absolute Gasteiger partial charge is 0.0810 e. The molecule has 0 N–H and O–H groups in total. The number of rotatable bonds is 0. The monoisotopic (exact) mass is 92.1 g/mol. The van der Waals surface area contributed by atoms with E-state index in [2.05, 4.69) is 6.08 Å². The zero-order valence-corrected chi connectivity index (χ0v) is 4.22. The molecule has 3 unspecified atom stereocenters. The van der Waals surface area contributed by atoms with Gasteiger partial charge in [-0.1, -0.05) is 11.6 Å². The Morgan fingerprint density at radius 3 is 2.57 bits per heavy atom. The highest BCUT2D eigenvalue weighted by Gasteiger charge is 2.58. The van der Waals surface area contributed by atoms with Gasteiger partial charge in [-0.15, -0.1) is 0 Å². The molecule has 2 fully saturated rings. The first-order valence-corrected chi connectivity index (χ1v) is 3.18. The fourth-order valence-corrected chi connectivity index (χ4v) is 2.36. The van der Waals surface area contributed by atoms with Crippen LogP contribution in [0.15, 0.2) is 11.6 Å². The van der Waals surface area contributed by atoms with Gasteiger partial charge in [0.1, 0.15) is 0 Å². The first-order valence-electron chi connectivity index (χ1n) is 3.18. The molecule has 0 aliphatic heterocycles. The Hall–Kier alpha value is -0.260. The van der Waals surface area contributed by atoms with E-state index in [4.69, 9.17) is 0 Å². The summed E-state index contributed by atoms with van der Waals surface area (Å²) < 4.78 is 0. The highest BCUT2D eigenvalue weighted by atomic mass is 14.6. The van der Waals surface area contributed by atoms with E-state index >= 15 is 0 Å². The van der Waals surface area contributed by atoms with Crippen LogP contribution >= 0.6 is 0 Å². The van der Waals surface area contributed by atoms with E-state index in [1.807, 2.05) is 5.57 Å². The van der Waals surface area contributed by atoms with Gasteiger partial charge in [0.2, 0.25) is 0 Å². The highest BCUT2D eigenvalue weighted by molar-refractivity contribution is 5.44. The van der Waals surface area contributed by atoms with Crippen molar-refractivity contribution in [3.05, 3.63) is 11.6 Å². The minimum absolute atomic E-state index is 1.07. The van der Waals surface area contributed by atoms with Crippen LogP contribution in [0, 0.1) is 17.8 Å². The molecule has 0 heteroatoms. The smallest absolute Gasteiger partial charge is 0.00713 e. The number of fused-ring (bicyclic) bond motifs is 1. The molecule has 3 atom stereocenters. The van der Waals surface area contributed by atoms with Crippen LogP contribution in [-0.2, 0) is 0 Å². The van der Waals surface area contributed by atoms with Crippen molar-refractivity contribution in [1.29, 1.82) is 0 Å². The Morgan fingerprint density at radius 1 is 1.43 bits per heavy atom. The maximum Gasteiger partial charge on any atom is -0.00713 e. The molecule has 0 aromatic heterocycles. The van der Waals surface area contributed by atoms with E-state index in [0.29, 0.717) is 0 Å². The van der Waals surface area contributed by atoms with Gasteiger partial charge in [-0.25, -0.2) is 0 Å². The van der Waals surface area contributed by atoms with Crippen molar-refractivity contribution < 1.29 is 0 Å². The molecule has 0 aromatic carbocycles. The first kappa shape index (κ1) is 2.91. The third-order valence-electron chi connectivity index (χ3n) is 2.82. The summed E-state index contributed by atoms with van der Waals surface area (Å²) in [5.41, 5.74) is 1.82. The predicted molar refractivity (Wildman–Crippen MR) is 27.8 cm³/mol. The summed E-state index contributed by atoms with van der Waals surface area (Å²) in [6, 6.07) is 0. The summed E-state index contributed by atoms with van der Waals surface area (Å²) in [7, 11) is 0. The van der Waals surface area contributed by atoms with Crippen LogP contribution in [0.2, 0.25) is 0 Å². The molecule has 3 aliphatic carbocycles. The molecule has 0 radical (unpaired) electrons. The molecule has 0 spiro atoms. The van der Waals surface area contributed by atoms with Crippen LogP contribution in [0.4, 0.5) is 0 Å². The molecule has 0 nitrogen and oxygen atoms in total. The van der Waals surface area contributed by atoms with E-state index in [-0.39, 0.29) is 0 Å². The summed E-state index contributed by atoms with van der Waals surface area (Å²) in [6.45, 7) is 0. The topological polar surface area (TPSA) is 0 Å². The first-order chi connectivity index (χ1) is 3.47. The van der Waals surface area contributed by atoms with Gasteiger partial charge in [0, 0.05) is 0 Å². The van der Waals surface area contributed by atoms with Crippen molar-refractivity contribution in [2.45, 2.75) is 12.8 Å². The summed E-state index contributed by atoms with van der Waals surface area (Å²) >= 11 is 0. The fourth-order valence-electron chi connectivity index (χ4n) is 2.36. The molecule has 36 valence electrons. The lowest BCUT2D eigenvalue weighted by Gasteiger charge is -2.13. The van der Waals surface area contributed by atoms with Gasteiger partial charge in [-0.2, -0.15) is 0 Å². The second-order valence-corrected chi connectivity index (χ2v) is 3.04. The van der Waals surface area contributed by atoms with Crippen LogP contribution in [0.25, 0.3) is 0 Å². The van der Waals surface area contributed by atoms with Gasteiger partial charge in [0.15, 0.2) is 0 Å². The maximum absolute atomic E-state index is 2.48. The van der Waals surface area contributed by atoms with Crippen LogP contribution in [0.3, 0.4) is 0 Å². The number of allylic oxidation sites excluding steroid dienone is 2. The molecular formula is C7H8. The maximum atomic E-state index is 2.48. The van der Waals surface area contributed by atoms with Gasteiger partial charge >= 0.3 is 0 Å². The van der Waals surface area contributed by atoms with Gasteiger partial charge in [0.05, 0.1) is 0 Å². The average Bonchev–Trinajstić information content (AvgIpc) is 2.02. The summed E-state index contributed by atoms with van der Waals surface area (Å²) in [6.07, 6.45) is 5.53. The Morgan fingerprint density at radius 2 is 2.43 bits per heavy atom. The van der Waals surface area contributed by atoms with Crippen LogP contribution in [-0.4, -0.2) is 0 Å². The van der Waals surface area contributed by atoms with E-state index in [0.717, 1.165) is 17.8 Å². The standard InChI is InChI=1S/C7H8/c1-2-5-6-3-4(1)7(5)6/h3-5,7H,1-2H2. The average molecular weight is 92.1 g/mol. The third-order valence-corrected chi connectivity index (χ3v) is 2.82. The van der Waals surface area contributed by atoms with Gasteiger partial charge in [-0.3, -0.25) is 0 Å². The second kappa shape index (κ2) is 0.594. The van der Waals surface area contributed by atoms with Crippen LogP contribution < -0.4 is 0 Å². The second-order valence-electron chi connectivity index (χ2n) is 3.04. The van der Waals surface area contributed by atoms with Crippen LogP contribution in [0.1, 0.15) is 12.8 Å². The lowest BCUT2D eigenvalue weighted by atomic mass is 9.92. The number of hydrogen-bond acceptors (Lipinski definition) is 0. The van der Waals surface area contributed by atoms with E-state index < -0.39 is 0 Å². The van der Waals surface area contributed by atoms with Gasteiger partial charge < -0.3 is 0 Å². The normalized spacial score (nSPS) is 60.6. The van der Waals surface area contributed by atoms with E-state index in [9.17, 15) is 0 Å². The summed E-state index contributed by atoms with van der Waals surface area (Å²) in [5, 5.41) is 0. The molecule has 3 aliphatic rings. The lowest BCUT2D eigenvalue weighted by Crippen LogP contribution is -2.02. The Balaban J connectivity index is 2.26.